The predicted octanol–water partition coefficient (Wildman–Crippen LogP) is 2.30. The summed E-state index contributed by atoms with van der Waals surface area (Å²) >= 11 is 1.50. The Morgan fingerprint density at radius 2 is 2.54 bits per heavy atom. The molecule has 1 heterocycles. The maximum atomic E-state index is 11.2. The van der Waals surface area contributed by atoms with E-state index in [1.165, 1.54) is 11.3 Å². The third-order valence-electron chi connectivity index (χ3n) is 1.58. The van der Waals surface area contributed by atoms with Crippen LogP contribution in [0.4, 0.5) is 5.00 Å². The molecule has 0 aromatic carbocycles. The Hall–Kier alpha value is -1.34. The minimum atomic E-state index is -0.0906. The lowest BCUT2D eigenvalue weighted by Crippen LogP contribution is -2.10. The Morgan fingerprint density at radius 3 is 3.08 bits per heavy atom. The smallest absolute Gasteiger partial charge is 0.226 e. The lowest BCUT2D eigenvalue weighted by Gasteiger charge is -2.00. The van der Waals surface area contributed by atoms with Crippen molar-refractivity contribution in [3.05, 3.63) is 17.0 Å². The highest BCUT2D eigenvalue weighted by molar-refractivity contribution is 7.14. The van der Waals surface area contributed by atoms with E-state index in [2.05, 4.69) is 5.32 Å². The van der Waals surface area contributed by atoms with Crippen molar-refractivity contribution in [2.75, 3.05) is 5.32 Å². The highest BCUT2D eigenvalue weighted by atomic mass is 32.1. The number of carbonyl (C=O) groups excluding carboxylic acids is 1. The highest BCUT2D eigenvalue weighted by Gasteiger charge is 2.04. The van der Waals surface area contributed by atoms with Crippen LogP contribution in [-0.4, -0.2) is 5.91 Å². The van der Waals surface area contributed by atoms with Crippen molar-refractivity contribution in [2.24, 2.45) is 0 Å². The molecule has 0 saturated carbocycles. The molecule has 0 radical (unpaired) electrons. The second kappa shape index (κ2) is 4.63. The van der Waals surface area contributed by atoms with Crippen LogP contribution in [-0.2, 0) is 4.79 Å². The molecule has 0 aliphatic rings. The zero-order chi connectivity index (χ0) is 9.68. The molecule has 1 N–H and O–H groups in total. The average molecular weight is 194 g/mol. The van der Waals surface area contributed by atoms with Crippen molar-refractivity contribution in [3.8, 4) is 6.07 Å². The average Bonchev–Trinajstić information content (AvgIpc) is 2.48. The molecular weight excluding hydrogens is 184 g/mol. The zero-order valence-electron chi connectivity index (χ0n) is 7.33. The largest absolute Gasteiger partial charge is 0.317 e. The number of nitrogens with one attached hydrogen (secondary N) is 1. The van der Waals surface area contributed by atoms with Crippen molar-refractivity contribution in [2.45, 2.75) is 19.8 Å². The van der Waals surface area contributed by atoms with E-state index in [0.717, 1.165) is 10.6 Å². The quantitative estimate of drug-likeness (QED) is 0.802. The van der Waals surface area contributed by atoms with E-state index in [4.69, 9.17) is 5.26 Å². The molecule has 3 nitrogen and oxygen atoms in total. The first-order valence-corrected chi connectivity index (χ1v) is 4.83. The lowest BCUT2D eigenvalue weighted by molar-refractivity contribution is -0.116. The van der Waals surface area contributed by atoms with E-state index in [0.29, 0.717) is 0 Å². The molecule has 68 valence electrons. The van der Waals surface area contributed by atoms with Gasteiger partial charge in [0.2, 0.25) is 5.91 Å². The molecule has 1 aromatic heterocycles. The van der Waals surface area contributed by atoms with E-state index in [-0.39, 0.29) is 18.7 Å². The van der Waals surface area contributed by atoms with Gasteiger partial charge in [0.15, 0.2) is 0 Å². The van der Waals surface area contributed by atoms with Crippen molar-refractivity contribution in [1.29, 1.82) is 5.26 Å². The van der Waals surface area contributed by atoms with Crippen LogP contribution in [0.5, 0.6) is 0 Å². The fraction of sp³-hybridized carbons (Fsp3) is 0.333. The van der Waals surface area contributed by atoms with Crippen molar-refractivity contribution in [1.82, 2.24) is 0 Å². The summed E-state index contributed by atoms with van der Waals surface area (Å²) in [5, 5.41) is 13.8. The van der Waals surface area contributed by atoms with Crippen LogP contribution < -0.4 is 5.32 Å². The standard InChI is InChI=1S/C9H10N2OS/c1-7-4-6-13-9(7)11-8(12)3-2-5-10/h4,6H,2-3H2,1H3,(H,11,12). The van der Waals surface area contributed by atoms with Crippen LogP contribution in [0, 0.1) is 18.3 Å². The van der Waals surface area contributed by atoms with Gasteiger partial charge in [-0.15, -0.1) is 11.3 Å². The summed E-state index contributed by atoms with van der Waals surface area (Å²) in [4.78, 5) is 11.2. The zero-order valence-corrected chi connectivity index (χ0v) is 8.15. The highest BCUT2D eigenvalue weighted by Crippen LogP contribution is 2.21. The second-order valence-electron chi connectivity index (χ2n) is 2.64. The van der Waals surface area contributed by atoms with Gasteiger partial charge >= 0.3 is 0 Å². The van der Waals surface area contributed by atoms with Crippen LogP contribution in [0.15, 0.2) is 11.4 Å². The SMILES string of the molecule is Cc1ccsc1NC(=O)CCC#N. The van der Waals surface area contributed by atoms with Gasteiger partial charge in [0.1, 0.15) is 0 Å². The number of rotatable bonds is 3. The number of amides is 1. The van der Waals surface area contributed by atoms with E-state index < -0.39 is 0 Å². The van der Waals surface area contributed by atoms with Crippen LogP contribution in [0.2, 0.25) is 0 Å². The number of hydrogen-bond acceptors (Lipinski definition) is 3. The maximum absolute atomic E-state index is 11.2. The molecule has 1 aromatic rings. The molecule has 0 saturated heterocycles. The Balaban J connectivity index is 2.46. The van der Waals surface area contributed by atoms with Crippen LogP contribution in [0.25, 0.3) is 0 Å². The number of hydrogen-bond donors (Lipinski definition) is 1. The first-order chi connectivity index (χ1) is 6.24. The van der Waals surface area contributed by atoms with E-state index in [1.807, 2.05) is 24.4 Å². The molecule has 1 rings (SSSR count). The molecule has 4 heteroatoms. The monoisotopic (exact) mass is 194 g/mol. The van der Waals surface area contributed by atoms with E-state index >= 15 is 0 Å². The van der Waals surface area contributed by atoms with Gasteiger partial charge in [-0.25, -0.2) is 0 Å². The fourth-order valence-electron chi connectivity index (χ4n) is 0.859. The topological polar surface area (TPSA) is 52.9 Å². The van der Waals surface area contributed by atoms with E-state index in [1.54, 1.807) is 0 Å². The lowest BCUT2D eigenvalue weighted by atomic mass is 10.3. The Morgan fingerprint density at radius 1 is 1.77 bits per heavy atom. The van der Waals surface area contributed by atoms with Gasteiger partial charge in [-0.1, -0.05) is 0 Å². The molecule has 0 unspecified atom stereocenters. The molecule has 0 aliphatic carbocycles. The minimum absolute atomic E-state index is 0.0906. The Labute approximate surface area is 81.0 Å². The fourth-order valence-corrected chi connectivity index (χ4v) is 1.69. The summed E-state index contributed by atoms with van der Waals surface area (Å²) in [7, 11) is 0. The van der Waals surface area contributed by atoms with Gasteiger partial charge in [0.05, 0.1) is 11.1 Å². The summed E-state index contributed by atoms with van der Waals surface area (Å²) in [6, 6.07) is 3.88. The number of nitrogens with zero attached hydrogens (tertiary/aromatic N) is 1. The van der Waals surface area contributed by atoms with Crippen LogP contribution >= 0.6 is 11.3 Å². The maximum Gasteiger partial charge on any atom is 0.226 e. The molecular formula is C9H10N2OS. The van der Waals surface area contributed by atoms with Gasteiger partial charge in [0, 0.05) is 12.8 Å². The number of carbonyl (C=O) groups is 1. The summed E-state index contributed by atoms with van der Waals surface area (Å²) < 4.78 is 0. The van der Waals surface area contributed by atoms with Crippen molar-refractivity contribution in [3.63, 3.8) is 0 Å². The molecule has 0 spiro atoms. The van der Waals surface area contributed by atoms with Gasteiger partial charge in [-0.2, -0.15) is 5.26 Å². The molecule has 0 fully saturated rings. The first-order valence-electron chi connectivity index (χ1n) is 3.95. The van der Waals surface area contributed by atoms with Crippen molar-refractivity contribution >= 4 is 22.2 Å². The molecule has 0 aliphatic heterocycles. The predicted molar refractivity (Wildman–Crippen MR) is 52.5 cm³/mol. The number of anilines is 1. The summed E-state index contributed by atoms with van der Waals surface area (Å²) in [6.45, 7) is 1.94. The van der Waals surface area contributed by atoms with Gasteiger partial charge in [0.25, 0.3) is 0 Å². The first kappa shape index (κ1) is 9.75. The molecule has 1 amide bonds. The van der Waals surface area contributed by atoms with Gasteiger partial charge in [-0.05, 0) is 23.9 Å². The normalized spacial score (nSPS) is 9.23. The van der Waals surface area contributed by atoms with E-state index in [9.17, 15) is 4.79 Å². The number of nitriles is 1. The molecule has 0 atom stereocenters. The minimum Gasteiger partial charge on any atom is -0.317 e. The summed E-state index contributed by atoms with van der Waals surface area (Å²) in [6.07, 6.45) is 0.546. The third kappa shape index (κ3) is 2.88. The molecule has 0 bridgehead atoms. The second-order valence-corrected chi connectivity index (χ2v) is 3.56. The number of thiophene rings is 1. The van der Waals surface area contributed by atoms with Crippen LogP contribution in [0.3, 0.4) is 0 Å². The van der Waals surface area contributed by atoms with Crippen LogP contribution in [0.1, 0.15) is 18.4 Å². The Bertz CT molecular complexity index is 338. The summed E-state index contributed by atoms with van der Waals surface area (Å²) in [5.41, 5.74) is 1.07. The Kier molecular flexibility index (Phi) is 3.47. The van der Waals surface area contributed by atoms with Gasteiger partial charge in [-0.3, -0.25) is 4.79 Å². The number of aryl methyl sites for hydroxylation is 1. The van der Waals surface area contributed by atoms with Gasteiger partial charge < -0.3 is 5.32 Å². The molecule has 13 heavy (non-hydrogen) atoms. The summed E-state index contributed by atoms with van der Waals surface area (Å²) in [5.74, 6) is -0.0906. The van der Waals surface area contributed by atoms with Crippen molar-refractivity contribution < 1.29 is 4.79 Å². The third-order valence-corrected chi connectivity index (χ3v) is 2.51.